The molecule has 1 aliphatic heterocycles. The van der Waals surface area contributed by atoms with Crippen LogP contribution >= 0.6 is 0 Å². The van der Waals surface area contributed by atoms with Crippen molar-refractivity contribution < 1.29 is 4.79 Å². The second-order valence-electron chi connectivity index (χ2n) is 6.28. The van der Waals surface area contributed by atoms with Gasteiger partial charge in [0, 0.05) is 32.4 Å². The van der Waals surface area contributed by atoms with Crippen LogP contribution in [0.15, 0.2) is 48.7 Å². The molecule has 2 heterocycles. The SMILES string of the molecule is Cc1ncccc1NC(=O)C(c1ccccc1)N1CCN(C)CC1. The van der Waals surface area contributed by atoms with Crippen LogP contribution in [0.4, 0.5) is 5.69 Å². The number of nitrogens with zero attached hydrogens (tertiary/aromatic N) is 3. The Labute approximate surface area is 143 Å². The van der Waals surface area contributed by atoms with Crippen molar-refractivity contribution >= 4 is 11.6 Å². The quantitative estimate of drug-likeness (QED) is 0.938. The number of anilines is 1. The van der Waals surface area contributed by atoms with E-state index in [-0.39, 0.29) is 11.9 Å². The number of aromatic nitrogens is 1. The molecule has 1 atom stereocenters. The molecule has 1 aliphatic rings. The number of hydrogen-bond donors (Lipinski definition) is 1. The molecule has 0 spiro atoms. The van der Waals surface area contributed by atoms with Gasteiger partial charge < -0.3 is 10.2 Å². The molecule has 0 bridgehead atoms. The standard InChI is InChI=1S/C19H24N4O/c1-15-17(9-6-10-20-15)21-19(24)18(16-7-4-3-5-8-16)23-13-11-22(2)12-14-23/h3-10,18H,11-14H2,1-2H3,(H,21,24). The Bertz CT molecular complexity index is 681. The maximum Gasteiger partial charge on any atom is 0.246 e. The predicted molar refractivity (Wildman–Crippen MR) is 95.9 cm³/mol. The van der Waals surface area contributed by atoms with E-state index in [1.165, 1.54) is 0 Å². The van der Waals surface area contributed by atoms with Gasteiger partial charge in [0.05, 0.1) is 11.4 Å². The molecule has 5 nitrogen and oxygen atoms in total. The third-order valence-corrected chi connectivity index (χ3v) is 4.53. The molecule has 1 N–H and O–H groups in total. The van der Waals surface area contributed by atoms with Crippen LogP contribution < -0.4 is 5.32 Å². The van der Waals surface area contributed by atoms with E-state index in [2.05, 4.69) is 27.1 Å². The van der Waals surface area contributed by atoms with Crippen molar-refractivity contribution in [2.45, 2.75) is 13.0 Å². The van der Waals surface area contributed by atoms with Gasteiger partial charge in [-0.05, 0) is 31.7 Å². The monoisotopic (exact) mass is 324 g/mol. The lowest BCUT2D eigenvalue weighted by atomic mass is 10.0. The van der Waals surface area contributed by atoms with E-state index in [0.717, 1.165) is 43.1 Å². The average Bonchev–Trinajstić information content (AvgIpc) is 2.60. The van der Waals surface area contributed by atoms with Gasteiger partial charge in [0.1, 0.15) is 6.04 Å². The van der Waals surface area contributed by atoms with E-state index in [1.807, 2.05) is 49.4 Å². The van der Waals surface area contributed by atoms with Crippen molar-refractivity contribution in [1.29, 1.82) is 0 Å². The lowest BCUT2D eigenvalue weighted by Gasteiger charge is -2.37. The van der Waals surface area contributed by atoms with Crippen molar-refractivity contribution in [3.63, 3.8) is 0 Å². The molecule has 0 saturated carbocycles. The zero-order chi connectivity index (χ0) is 16.9. The first-order chi connectivity index (χ1) is 11.6. The van der Waals surface area contributed by atoms with E-state index < -0.39 is 0 Å². The molecule has 126 valence electrons. The highest BCUT2D eigenvalue weighted by Gasteiger charge is 2.30. The normalized spacial score (nSPS) is 17.4. The van der Waals surface area contributed by atoms with Gasteiger partial charge in [0.25, 0.3) is 0 Å². The highest BCUT2D eigenvalue weighted by Crippen LogP contribution is 2.24. The predicted octanol–water partition coefficient (Wildman–Crippen LogP) is 2.32. The van der Waals surface area contributed by atoms with E-state index in [0.29, 0.717) is 0 Å². The Hall–Kier alpha value is -2.24. The summed E-state index contributed by atoms with van der Waals surface area (Å²) in [7, 11) is 2.12. The number of carbonyl (C=O) groups excluding carboxylic acids is 1. The fourth-order valence-corrected chi connectivity index (χ4v) is 3.06. The summed E-state index contributed by atoms with van der Waals surface area (Å²) in [6, 6.07) is 13.5. The van der Waals surface area contributed by atoms with Gasteiger partial charge in [-0.2, -0.15) is 0 Å². The van der Waals surface area contributed by atoms with Crippen molar-refractivity contribution in [2.24, 2.45) is 0 Å². The minimum absolute atomic E-state index is 0.00172. The van der Waals surface area contributed by atoms with Crippen LogP contribution in [0.5, 0.6) is 0 Å². The van der Waals surface area contributed by atoms with Crippen molar-refractivity contribution in [3.05, 3.63) is 59.9 Å². The lowest BCUT2D eigenvalue weighted by molar-refractivity contribution is -0.122. The first-order valence-electron chi connectivity index (χ1n) is 8.35. The van der Waals surface area contributed by atoms with Gasteiger partial charge in [-0.15, -0.1) is 0 Å². The van der Waals surface area contributed by atoms with Gasteiger partial charge in [0.2, 0.25) is 5.91 Å². The number of benzene rings is 1. The number of nitrogens with one attached hydrogen (secondary N) is 1. The van der Waals surface area contributed by atoms with Crippen LogP contribution in [0.1, 0.15) is 17.3 Å². The van der Waals surface area contributed by atoms with Gasteiger partial charge in [-0.3, -0.25) is 14.7 Å². The summed E-state index contributed by atoms with van der Waals surface area (Å²) >= 11 is 0. The van der Waals surface area contributed by atoms with Gasteiger partial charge in [-0.25, -0.2) is 0 Å². The Morgan fingerprint density at radius 2 is 1.79 bits per heavy atom. The molecule has 2 aromatic rings. The topological polar surface area (TPSA) is 48.5 Å². The molecular formula is C19H24N4O. The van der Waals surface area contributed by atoms with Crippen LogP contribution in [-0.4, -0.2) is 53.9 Å². The molecule has 1 amide bonds. The Morgan fingerprint density at radius 1 is 1.08 bits per heavy atom. The summed E-state index contributed by atoms with van der Waals surface area (Å²) in [6.07, 6.45) is 1.74. The van der Waals surface area contributed by atoms with Gasteiger partial charge in [-0.1, -0.05) is 30.3 Å². The minimum atomic E-state index is -0.278. The molecule has 0 radical (unpaired) electrons. The van der Waals surface area contributed by atoms with Crippen molar-refractivity contribution in [3.8, 4) is 0 Å². The number of hydrogen-bond acceptors (Lipinski definition) is 4. The zero-order valence-electron chi connectivity index (χ0n) is 14.3. The second-order valence-corrected chi connectivity index (χ2v) is 6.28. The molecule has 1 aromatic carbocycles. The Kier molecular flexibility index (Phi) is 5.23. The number of rotatable bonds is 4. The van der Waals surface area contributed by atoms with Crippen molar-refractivity contribution in [1.82, 2.24) is 14.8 Å². The summed E-state index contributed by atoms with van der Waals surface area (Å²) in [5.41, 5.74) is 2.63. The van der Waals surface area contributed by atoms with Crippen LogP contribution in [0.2, 0.25) is 0 Å². The molecule has 0 aliphatic carbocycles. The zero-order valence-corrected chi connectivity index (χ0v) is 14.3. The molecule has 24 heavy (non-hydrogen) atoms. The molecule has 1 fully saturated rings. The average molecular weight is 324 g/mol. The molecule has 1 aromatic heterocycles. The maximum atomic E-state index is 13.1. The van der Waals surface area contributed by atoms with Crippen molar-refractivity contribution in [2.75, 3.05) is 38.5 Å². The van der Waals surface area contributed by atoms with Crippen LogP contribution in [0, 0.1) is 6.92 Å². The number of carbonyl (C=O) groups is 1. The maximum absolute atomic E-state index is 13.1. The number of aryl methyl sites for hydroxylation is 1. The number of likely N-dealkylation sites (N-methyl/N-ethyl adjacent to an activating group) is 1. The van der Waals surface area contributed by atoms with Crippen LogP contribution in [-0.2, 0) is 4.79 Å². The van der Waals surface area contributed by atoms with E-state index in [9.17, 15) is 4.79 Å². The number of pyridine rings is 1. The van der Waals surface area contributed by atoms with Gasteiger partial charge >= 0.3 is 0 Å². The molecule has 1 unspecified atom stereocenters. The first kappa shape index (κ1) is 16.6. The van der Waals surface area contributed by atoms with Crippen LogP contribution in [0.3, 0.4) is 0 Å². The fraction of sp³-hybridized carbons (Fsp3) is 0.368. The number of amides is 1. The van der Waals surface area contributed by atoms with Gasteiger partial charge in [0.15, 0.2) is 0 Å². The first-order valence-corrected chi connectivity index (χ1v) is 8.35. The minimum Gasteiger partial charge on any atom is -0.323 e. The molecule has 1 saturated heterocycles. The Balaban J connectivity index is 1.84. The second kappa shape index (κ2) is 7.55. The third kappa shape index (κ3) is 3.80. The summed E-state index contributed by atoms with van der Waals surface area (Å²) in [6.45, 7) is 5.62. The summed E-state index contributed by atoms with van der Waals surface area (Å²) in [5.74, 6) is 0.00172. The largest absolute Gasteiger partial charge is 0.323 e. The van der Waals surface area contributed by atoms with E-state index in [4.69, 9.17) is 0 Å². The highest BCUT2D eigenvalue weighted by atomic mass is 16.2. The highest BCUT2D eigenvalue weighted by molar-refractivity contribution is 5.96. The molecule has 5 heteroatoms. The van der Waals surface area contributed by atoms with E-state index >= 15 is 0 Å². The molecular weight excluding hydrogens is 300 g/mol. The third-order valence-electron chi connectivity index (χ3n) is 4.53. The Morgan fingerprint density at radius 3 is 2.46 bits per heavy atom. The fourth-order valence-electron chi connectivity index (χ4n) is 3.06. The van der Waals surface area contributed by atoms with Crippen LogP contribution in [0.25, 0.3) is 0 Å². The molecule has 3 rings (SSSR count). The lowest BCUT2D eigenvalue weighted by Crippen LogP contribution is -2.48. The van der Waals surface area contributed by atoms with E-state index in [1.54, 1.807) is 6.20 Å². The smallest absolute Gasteiger partial charge is 0.246 e. The summed E-state index contributed by atoms with van der Waals surface area (Å²) in [4.78, 5) is 21.9. The number of piperazine rings is 1. The summed E-state index contributed by atoms with van der Waals surface area (Å²) in [5, 5.41) is 3.06. The summed E-state index contributed by atoms with van der Waals surface area (Å²) < 4.78 is 0.